The number of H-pyrrole nitrogens is 1. The van der Waals surface area contributed by atoms with E-state index in [4.69, 9.17) is 23.3 Å². The number of fused-ring (bicyclic) bond motifs is 1. The van der Waals surface area contributed by atoms with Gasteiger partial charge in [0, 0.05) is 18.7 Å². The minimum atomic E-state index is -5.08. The van der Waals surface area contributed by atoms with E-state index in [1.807, 2.05) is 30.3 Å². The fourth-order valence-corrected chi connectivity index (χ4v) is 7.30. The van der Waals surface area contributed by atoms with Gasteiger partial charge in [0.15, 0.2) is 12.5 Å². The maximum absolute atomic E-state index is 12.5. The Kier molecular flexibility index (Phi) is 8.70. The summed E-state index contributed by atoms with van der Waals surface area (Å²) in [4.78, 5) is 46.3. The molecule has 3 aliphatic rings. The fraction of sp³-hybridized carbons (Fsp3) is 0.565. The Morgan fingerprint density at radius 2 is 1.67 bits per heavy atom. The highest BCUT2D eigenvalue weighted by molar-refractivity contribution is 7.61. The number of nitrogens with one attached hydrogen (secondary N) is 1. The summed E-state index contributed by atoms with van der Waals surface area (Å²) in [5, 5.41) is 0. The molecule has 1 aromatic heterocycles. The van der Waals surface area contributed by atoms with Crippen molar-refractivity contribution in [3.63, 3.8) is 0 Å². The minimum absolute atomic E-state index is 0.377. The van der Waals surface area contributed by atoms with E-state index in [1.165, 1.54) is 6.20 Å². The van der Waals surface area contributed by atoms with E-state index in [9.17, 15) is 28.5 Å². The Labute approximate surface area is 223 Å². The molecule has 1 saturated carbocycles. The molecule has 0 amide bonds. The monoisotopic (exact) mass is 588 g/mol. The van der Waals surface area contributed by atoms with E-state index in [-0.39, 0.29) is 0 Å². The lowest BCUT2D eigenvalue weighted by atomic mass is 9.98. The molecule has 39 heavy (non-hydrogen) atoms. The number of phosphoric ester groups is 2. The summed E-state index contributed by atoms with van der Waals surface area (Å²) in [5.74, 6) is 0. The normalized spacial score (nSPS) is 30.5. The van der Waals surface area contributed by atoms with Crippen molar-refractivity contribution in [2.45, 2.75) is 75.5 Å². The summed E-state index contributed by atoms with van der Waals surface area (Å²) in [7, 11) is -9.98. The van der Waals surface area contributed by atoms with Crippen LogP contribution in [-0.2, 0) is 43.1 Å². The van der Waals surface area contributed by atoms with Gasteiger partial charge in [0.25, 0.3) is 5.56 Å². The Balaban J connectivity index is 1.27. The van der Waals surface area contributed by atoms with Crippen molar-refractivity contribution < 1.29 is 46.5 Å². The quantitative estimate of drug-likeness (QED) is 0.345. The molecule has 214 valence electrons. The Bertz CT molecular complexity index is 1340. The molecule has 7 atom stereocenters. The summed E-state index contributed by atoms with van der Waals surface area (Å²) in [6.07, 6.45) is 0.219. The van der Waals surface area contributed by atoms with Crippen molar-refractivity contribution in [2.24, 2.45) is 0 Å². The van der Waals surface area contributed by atoms with E-state index >= 15 is 0 Å². The number of ether oxygens (including phenoxy) is 3. The first kappa shape index (κ1) is 28.6. The van der Waals surface area contributed by atoms with E-state index in [1.54, 1.807) is 0 Å². The Morgan fingerprint density at radius 3 is 2.38 bits per heavy atom. The SMILES string of the molecule is O=c1ccn([C@@H]2O[C@H](COP(=O)(O)OP(=O)(O)OC3CCCCC3)C3OC(Cc4ccccc4)OC32)c(=O)[nH]1. The lowest BCUT2D eigenvalue weighted by molar-refractivity contribution is -0.150. The van der Waals surface area contributed by atoms with Gasteiger partial charge in [-0.3, -0.25) is 23.4 Å². The van der Waals surface area contributed by atoms with Crippen LogP contribution in [0.5, 0.6) is 0 Å². The molecule has 2 saturated heterocycles. The van der Waals surface area contributed by atoms with E-state index < -0.39 is 70.4 Å². The molecule has 14 nitrogen and oxygen atoms in total. The molecule has 3 heterocycles. The van der Waals surface area contributed by atoms with E-state index in [2.05, 4.69) is 9.29 Å². The Morgan fingerprint density at radius 1 is 0.949 bits per heavy atom. The van der Waals surface area contributed by atoms with Gasteiger partial charge in [0.05, 0.1) is 12.7 Å². The van der Waals surface area contributed by atoms with E-state index in [0.29, 0.717) is 19.3 Å². The number of nitrogens with zero attached hydrogens (tertiary/aromatic N) is 1. The number of phosphoric acid groups is 2. The van der Waals surface area contributed by atoms with Gasteiger partial charge in [-0.1, -0.05) is 49.6 Å². The lowest BCUT2D eigenvalue weighted by Gasteiger charge is -2.25. The molecule has 0 bridgehead atoms. The third-order valence-electron chi connectivity index (χ3n) is 6.72. The zero-order chi connectivity index (χ0) is 27.6. The van der Waals surface area contributed by atoms with Gasteiger partial charge in [-0.2, -0.15) is 4.31 Å². The smallest absolute Gasteiger partial charge is 0.346 e. The summed E-state index contributed by atoms with van der Waals surface area (Å²) >= 11 is 0. The number of benzene rings is 1. The zero-order valence-electron chi connectivity index (χ0n) is 20.8. The van der Waals surface area contributed by atoms with Crippen molar-refractivity contribution in [2.75, 3.05) is 6.61 Å². The minimum Gasteiger partial charge on any atom is -0.346 e. The van der Waals surface area contributed by atoms with Crippen LogP contribution in [0.1, 0.15) is 43.9 Å². The topological polar surface area (TPSA) is 185 Å². The second kappa shape index (κ2) is 11.9. The fourth-order valence-electron chi connectivity index (χ4n) is 4.99. The molecule has 1 aromatic carbocycles. The zero-order valence-corrected chi connectivity index (χ0v) is 22.6. The molecule has 0 spiro atoms. The molecule has 2 aliphatic heterocycles. The van der Waals surface area contributed by atoms with Gasteiger partial charge in [0.1, 0.15) is 18.3 Å². The molecule has 0 radical (unpaired) electrons. The van der Waals surface area contributed by atoms with E-state index in [0.717, 1.165) is 35.5 Å². The number of rotatable bonds is 10. The second-order valence-corrected chi connectivity index (χ2v) is 12.6. The first-order valence-electron chi connectivity index (χ1n) is 12.6. The van der Waals surface area contributed by atoms with Crippen molar-refractivity contribution in [3.8, 4) is 0 Å². The van der Waals surface area contributed by atoms with Crippen LogP contribution in [0.15, 0.2) is 52.2 Å². The molecular formula is C23H30N2O12P2. The third kappa shape index (κ3) is 7.22. The Hall–Kier alpha value is -1.96. The predicted octanol–water partition coefficient (Wildman–Crippen LogP) is 2.37. The molecule has 5 rings (SSSR count). The number of hydrogen-bond acceptors (Lipinski definition) is 10. The highest BCUT2D eigenvalue weighted by atomic mass is 31.3. The summed E-state index contributed by atoms with van der Waals surface area (Å²) < 4.78 is 58.5. The van der Waals surface area contributed by atoms with Crippen LogP contribution in [0.2, 0.25) is 0 Å². The largest absolute Gasteiger partial charge is 0.481 e. The van der Waals surface area contributed by atoms with Crippen LogP contribution >= 0.6 is 15.6 Å². The van der Waals surface area contributed by atoms with Gasteiger partial charge in [-0.25, -0.2) is 13.9 Å². The van der Waals surface area contributed by atoms with Gasteiger partial charge >= 0.3 is 21.3 Å². The maximum Gasteiger partial charge on any atom is 0.481 e. The molecule has 2 aromatic rings. The molecule has 3 fully saturated rings. The van der Waals surface area contributed by atoms with Gasteiger partial charge in [-0.15, -0.1) is 0 Å². The molecule has 3 N–H and O–H groups in total. The van der Waals surface area contributed by atoms with Crippen molar-refractivity contribution in [3.05, 3.63) is 69.0 Å². The molecule has 1 aliphatic carbocycles. The van der Waals surface area contributed by atoms with Crippen LogP contribution in [0.3, 0.4) is 0 Å². The van der Waals surface area contributed by atoms with Gasteiger partial charge in [0.2, 0.25) is 0 Å². The van der Waals surface area contributed by atoms with Crippen molar-refractivity contribution >= 4 is 15.6 Å². The van der Waals surface area contributed by atoms with Crippen molar-refractivity contribution in [1.29, 1.82) is 0 Å². The molecule has 16 heteroatoms. The first-order valence-corrected chi connectivity index (χ1v) is 15.6. The molecular weight excluding hydrogens is 558 g/mol. The van der Waals surface area contributed by atoms with Crippen LogP contribution < -0.4 is 11.2 Å². The number of aromatic amines is 1. The first-order chi connectivity index (χ1) is 18.6. The van der Waals surface area contributed by atoms with Crippen LogP contribution in [0.4, 0.5) is 0 Å². The summed E-state index contributed by atoms with van der Waals surface area (Å²) in [6.45, 7) is -0.603. The maximum atomic E-state index is 12.5. The highest BCUT2D eigenvalue weighted by Crippen LogP contribution is 2.61. The number of hydrogen-bond donors (Lipinski definition) is 3. The molecule has 5 unspecified atom stereocenters. The van der Waals surface area contributed by atoms with Gasteiger partial charge in [-0.05, 0) is 18.4 Å². The average Bonchev–Trinajstić information content (AvgIpc) is 3.42. The highest BCUT2D eigenvalue weighted by Gasteiger charge is 2.54. The predicted molar refractivity (Wildman–Crippen MR) is 134 cm³/mol. The summed E-state index contributed by atoms with van der Waals surface area (Å²) in [5.41, 5.74) is -0.419. The van der Waals surface area contributed by atoms with Crippen molar-refractivity contribution in [1.82, 2.24) is 9.55 Å². The van der Waals surface area contributed by atoms with Crippen LogP contribution in [-0.4, -0.2) is 56.7 Å². The van der Waals surface area contributed by atoms with Crippen LogP contribution in [0, 0.1) is 0 Å². The third-order valence-corrected chi connectivity index (χ3v) is 9.41. The average molecular weight is 588 g/mol. The number of aromatic nitrogens is 2. The second-order valence-electron chi connectivity index (χ2n) is 9.58. The summed E-state index contributed by atoms with van der Waals surface area (Å²) in [6, 6.07) is 10.5. The van der Waals surface area contributed by atoms with Crippen LogP contribution in [0.25, 0.3) is 0 Å². The van der Waals surface area contributed by atoms with Gasteiger partial charge < -0.3 is 24.0 Å². The standard InChI is InChI=1S/C23H30N2O12P2/c26-18-11-12-25(23(27)24-18)22-21-20(34-19(35-21)13-15-7-3-1-4-8-15)17(33-22)14-32-38(28,29)37-39(30,31)36-16-9-5-2-6-10-16/h1,3-4,7-8,11-12,16-17,19-22H,2,5-6,9-10,13-14H2,(H,28,29)(H,30,31)(H,24,26,27)/t17-,19?,20?,21?,22-/m1/s1. The lowest BCUT2D eigenvalue weighted by Crippen LogP contribution is -2.36.